The summed E-state index contributed by atoms with van der Waals surface area (Å²) < 4.78 is 11.2. The Morgan fingerprint density at radius 2 is 1.85 bits per heavy atom. The van der Waals surface area contributed by atoms with Crippen molar-refractivity contribution in [1.29, 1.82) is 0 Å². The molecule has 1 atom stereocenters. The highest BCUT2D eigenvalue weighted by Gasteiger charge is 2.34. The van der Waals surface area contributed by atoms with Crippen LogP contribution in [0.1, 0.15) is 19.3 Å². The van der Waals surface area contributed by atoms with Gasteiger partial charge in [-0.25, -0.2) is 0 Å². The molecule has 1 saturated heterocycles. The lowest BCUT2D eigenvalue weighted by molar-refractivity contribution is 0.172. The minimum absolute atomic E-state index is 0.487. The molecule has 1 aromatic rings. The van der Waals surface area contributed by atoms with E-state index in [0.29, 0.717) is 19.3 Å². The summed E-state index contributed by atoms with van der Waals surface area (Å²) >= 11 is 0. The highest BCUT2D eigenvalue weighted by molar-refractivity contribution is 5.72. The van der Waals surface area contributed by atoms with Crippen molar-refractivity contribution in [2.24, 2.45) is 0 Å². The molecule has 1 unspecified atom stereocenters. The van der Waals surface area contributed by atoms with E-state index in [9.17, 15) is 0 Å². The quantitative estimate of drug-likeness (QED) is 0.822. The van der Waals surface area contributed by atoms with Crippen LogP contribution in [0.25, 0.3) is 0 Å². The van der Waals surface area contributed by atoms with Gasteiger partial charge in [-0.1, -0.05) is 0 Å². The van der Waals surface area contributed by atoms with E-state index in [4.69, 9.17) is 15.2 Å². The van der Waals surface area contributed by atoms with Crippen LogP contribution in [0.15, 0.2) is 12.1 Å². The van der Waals surface area contributed by atoms with E-state index in [1.165, 1.54) is 25.8 Å². The minimum Gasteiger partial charge on any atom is -0.486 e. The summed E-state index contributed by atoms with van der Waals surface area (Å²) in [5.74, 6) is 1.55. The predicted octanol–water partition coefficient (Wildman–Crippen LogP) is 1.69. The van der Waals surface area contributed by atoms with Crippen LogP contribution in [0, 0.1) is 0 Å². The second kappa shape index (κ2) is 4.74. The molecule has 20 heavy (non-hydrogen) atoms. The number of likely N-dealkylation sites (tertiary alicyclic amines) is 1. The molecule has 3 N–H and O–H groups in total. The monoisotopic (exact) mass is 275 g/mol. The van der Waals surface area contributed by atoms with Crippen LogP contribution in [0.4, 0.5) is 11.4 Å². The van der Waals surface area contributed by atoms with E-state index < -0.39 is 0 Å². The molecule has 1 aliphatic carbocycles. The summed E-state index contributed by atoms with van der Waals surface area (Å²) in [6.45, 7) is 3.53. The Bertz CT molecular complexity index is 516. The van der Waals surface area contributed by atoms with Crippen molar-refractivity contribution in [3.8, 4) is 11.5 Å². The molecule has 5 nitrogen and oxygen atoms in total. The van der Waals surface area contributed by atoms with E-state index in [-0.39, 0.29) is 0 Å². The van der Waals surface area contributed by atoms with Gasteiger partial charge in [0.15, 0.2) is 11.5 Å². The van der Waals surface area contributed by atoms with Crippen LogP contribution in [-0.2, 0) is 0 Å². The Balaban J connectivity index is 1.48. The lowest BCUT2D eigenvalue weighted by atomic mass is 10.2. The number of rotatable bonds is 3. The van der Waals surface area contributed by atoms with Gasteiger partial charge in [-0.3, -0.25) is 4.90 Å². The number of ether oxygens (including phenoxy) is 2. The first-order valence-corrected chi connectivity index (χ1v) is 7.49. The fourth-order valence-electron chi connectivity index (χ4n) is 3.13. The number of benzene rings is 1. The molecule has 3 aliphatic rings. The fourth-order valence-corrected chi connectivity index (χ4v) is 3.13. The van der Waals surface area contributed by atoms with Gasteiger partial charge >= 0.3 is 0 Å². The van der Waals surface area contributed by atoms with Gasteiger partial charge in [-0.05, 0) is 19.3 Å². The van der Waals surface area contributed by atoms with E-state index >= 15 is 0 Å². The van der Waals surface area contributed by atoms with Crippen LogP contribution in [0.2, 0.25) is 0 Å². The average molecular weight is 275 g/mol. The fraction of sp³-hybridized carbons (Fsp3) is 0.600. The summed E-state index contributed by atoms with van der Waals surface area (Å²) in [6, 6.07) is 5.17. The summed E-state index contributed by atoms with van der Waals surface area (Å²) in [6.07, 6.45) is 3.93. The van der Waals surface area contributed by atoms with Gasteiger partial charge in [-0.15, -0.1) is 0 Å². The normalized spacial score (nSPS) is 25.7. The van der Waals surface area contributed by atoms with Crippen molar-refractivity contribution in [1.82, 2.24) is 4.90 Å². The summed E-state index contributed by atoms with van der Waals surface area (Å²) in [5.41, 5.74) is 7.82. The zero-order chi connectivity index (χ0) is 13.5. The Morgan fingerprint density at radius 1 is 1.10 bits per heavy atom. The average Bonchev–Trinajstić information content (AvgIpc) is 3.20. The standard InChI is InChI=1S/C15H21N3O2/c16-12-7-14-15(20-6-5-19-14)8-13(12)17-10-3-4-18(9-10)11-1-2-11/h7-8,10-11,17H,1-6,9,16H2. The van der Waals surface area contributed by atoms with Crippen molar-refractivity contribution < 1.29 is 9.47 Å². The number of hydrogen-bond acceptors (Lipinski definition) is 5. The van der Waals surface area contributed by atoms with Gasteiger partial charge in [0, 0.05) is 37.3 Å². The molecule has 0 radical (unpaired) electrons. The molecule has 4 rings (SSSR count). The topological polar surface area (TPSA) is 59.8 Å². The number of nitrogens with one attached hydrogen (secondary N) is 1. The molecule has 2 aliphatic heterocycles. The van der Waals surface area contributed by atoms with Gasteiger partial charge < -0.3 is 20.5 Å². The van der Waals surface area contributed by atoms with Gasteiger partial charge in [0.2, 0.25) is 0 Å². The van der Waals surface area contributed by atoms with Gasteiger partial charge in [0.25, 0.3) is 0 Å². The Kier molecular flexibility index (Phi) is 2.88. The number of anilines is 2. The highest BCUT2D eigenvalue weighted by atomic mass is 16.6. The molecule has 1 aromatic carbocycles. The third-order valence-electron chi connectivity index (χ3n) is 4.36. The van der Waals surface area contributed by atoms with Gasteiger partial charge in [-0.2, -0.15) is 0 Å². The first-order chi connectivity index (χ1) is 9.79. The number of nitrogen functional groups attached to an aromatic ring is 1. The first-order valence-electron chi connectivity index (χ1n) is 7.49. The predicted molar refractivity (Wildman–Crippen MR) is 78.5 cm³/mol. The zero-order valence-electron chi connectivity index (χ0n) is 11.6. The second-order valence-corrected chi connectivity index (χ2v) is 5.94. The molecular formula is C15H21N3O2. The van der Waals surface area contributed by atoms with Crippen LogP contribution in [0.5, 0.6) is 11.5 Å². The molecule has 2 heterocycles. The van der Waals surface area contributed by atoms with E-state index in [1.807, 2.05) is 12.1 Å². The zero-order valence-corrected chi connectivity index (χ0v) is 11.6. The lowest BCUT2D eigenvalue weighted by Gasteiger charge is -2.22. The van der Waals surface area contributed by atoms with E-state index in [1.54, 1.807) is 0 Å². The van der Waals surface area contributed by atoms with Crippen molar-refractivity contribution in [3.63, 3.8) is 0 Å². The third-order valence-corrected chi connectivity index (χ3v) is 4.36. The lowest BCUT2D eigenvalue weighted by Crippen LogP contribution is -2.28. The number of nitrogens with two attached hydrogens (primary N) is 1. The number of nitrogens with zero attached hydrogens (tertiary/aromatic N) is 1. The number of fused-ring (bicyclic) bond motifs is 1. The third kappa shape index (κ3) is 2.26. The van der Waals surface area contributed by atoms with Gasteiger partial charge in [0.1, 0.15) is 13.2 Å². The molecule has 2 fully saturated rings. The van der Waals surface area contributed by atoms with E-state index in [2.05, 4.69) is 10.2 Å². The van der Waals surface area contributed by atoms with E-state index in [0.717, 1.165) is 35.5 Å². The molecule has 0 bridgehead atoms. The van der Waals surface area contributed by atoms with Crippen molar-refractivity contribution in [2.75, 3.05) is 37.4 Å². The van der Waals surface area contributed by atoms with Crippen molar-refractivity contribution in [3.05, 3.63) is 12.1 Å². The molecule has 5 heteroatoms. The summed E-state index contributed by atoms with van der Waals surface area (Å²) in [7, 11) is 0. The van der Waals surface area contributed by atoms with Crippen LogP contribution < -0.4 is 20.5 Å². The van der Waals surface area contributed by atoms with Crippen LogP contribution >= 0.6 is 0 Å². The molecule has 0 spiro atoms. The maximum atomic E-state index is 6.12. The van der Waals surface area contributed by atoms with Crippen LogP contribution in [-0.4, -0.2) is 43.3 Å². The molecular weight excluding hydrogens is 254 g/mol. The molecule has 0 aromatic heterocycles. The summed E-state index contributed by atoms with van der Waals surface area (Å²) in [5, 5.41) is 3.57. The molecule has 0 amide bonds. The Morgan fingerprint density at radius 3 is 2.60 bits per heavy atom. The Hall–Kier alpha value is -1.62. The largest absolute Gasteiger partial charge is 0.486 e. The van der Waals surface area contributed by atoms with Crippen molar-refractivity contribution in [2.45, 2.75) is 31.3 Å². The molecule has 1 saturated carbocycles. The van der Waals surface area contributed by atoms with Crippen LogP contribution in [0.3, 0.4) is 0 Å². The van der Waals surface area contributed by atoms with Crippen molar-refractivity contribution >= 4 is 11.4 Å². The van der Waals surface area contributed by atoms with Gasteiger partial charge in [0.05, 0.1) is 11.4 Å². The highest BCUT2D eigenvalue weighted by Crippen LogP contribution is 2.38. The molecule has 108 valence electrons. The second-order valence-electron chi connectivity index (χ2n) is 5.94. The SMILES string of the molecule is Nc1cc2c(cc1NC1CCN(C3CC3)C1)OCCO2. The minimum atomic E-state index is 0.487. The maximum Gasteiger partial charge on any atom is 0.163 e. The first kappa shape index (κ1) is 12.1. The maximum absolute atomic E-state index is 6.12. The Labute approximate surface area is 119 Å². The summed E-state index contributed by atoms with van der Waals surface area (Å²) in [4.78, 5) is 2.59. The smallest absolute Gasteiger partial charge is 0.163 e. The number of hydrogen-bond donors (Lipinski definition) is 2.